The maximum absolute atomic E-state index is 12.3. The molecule has 2 aromatic rings. The van der Waals surface area contributed by atoms with Crippen molar-refractivity contribution in [3.8, 4) is 0 Å². The number of anilines is 1. The number of hydrogen-bond acceptors (Lipinski definition) is 3. The van der Waals surface area contributed by atoms with Gasteiger partial charge in [-0.2, -0.15) is 0 Å². The largest absolute Gasteiger partial charge is 0.350 e. The number of nitrogens with zero attached hydrogens (tertiary/aromatic N) is 1. The van der Waals surface area contributed by atoms with Gasteiger partial charge in [0.1, 0.15) is 0 Å². The van der Waals surface area contributed by atoms with Gasteiger partial charge in [-0.1, -0.05) is 43.7 Å². The van der Waals surface area contributed by atoms with E-state index in [0.717, 1.165) is 18.4 Å². The van der Waals surface area contributed by atoms with Crippen LogP contribution in [0.25, 0.3) is 0 Å². The average molecular weight is 375 g/mol. The third-order valence-electron chi connectivity index (χ3n) is 4.09. The maximum atomic E-state index is 12.3. The van der Waals surface area contributed by atoms with Gasteiger partial charge in [0.15, 0.2) is 0 Å². The average Bonchev–Trinajstić information content (AvgIpc) is 2.60. The van der Waals surface area contributed by atoms with Crippen molar-refractivity contribution in [2.24, 2.45) is 0 Å². The Bertz CT molecular complexity index is 818. The summed E-state index contributed by atoms with van der Waals surface area (Å²) in [6.45, 7) is 4.30. The van der Waals surface area contributed by atoms with Crippen LogP contribution >= 0.6 is 0 Å². The van der Waals surface area contributed by atoms with Crippen LogP contribution < -0.4 is 9.62 Å². The minimum atomic E-state index is -3.44. The highest BCUT2D eigenvalue weighted by Gasteiger charge is 2.18. The van der Waals surface area contributed by atoms with E-state index in [1.54, 1.807) is 24.3 Å². The quantitative estimate of drug-likeness (QED) is 0.768. The van der Waals surface area contributed by atoms with Crippen LogP contribution in [0.1, 0.15) is 42.6 Å². The van der Waals surface area contributed by atoms with Gasteiger partial charge in [-0.15, -0.1) is 0 Å². The Kier molecular flexibility index (Phi) is 6.80. The van der Waals surface area contributed by atoms with E-state index in [1.165, 1.54) is 10.6 Å². The molecule has 1 atom stereocenters. The first-order valence-corrected chi connectivity index (χ1v) is 10.6. The molecule has 1 N–H and O–H groups in total. The third kappa shape index (κ3) is 5.59. The lowest BCUT2D eigenvalue weighted by molar-refractivity contribution is 0.0938. The van der Waals surface area contributed by atoms with Gasteiger partial charge in [-0.25, -0.2) is 8.42 Å². The van der Waals surface area contributed by atoms with Crippen LogP contribution in [0.15, 0.2) is 54.6 Å². The second-order valence-corrected chi connectivity index (χ2v) is 8.37. The van der Waals surface area contributed by atoms with Crippen molar-refractivity contribution in [1.29, 1.82) is 0 Å². The molecule has 2 aromatic carbocycles. The van der Waals surface area contributed by atoms with Gasteiger partial charge in [0, 0.05) is 11.6 Å². The molecule has 0 saturated heterocycles. The first kappa shape index (κ1) is 20.0. The van der Waals surface area contributed by atoms with Crippen molar-refractivity contribution < 1.29 is 13.2 Å². The summed E-state index contributed by atoms with van der Waals surface area (Å²) in [7, 11) is -3.44. The zero-order valence-corrected chi connectivity index (χ0v) is 16.3. The highest BCUT2D eigenvalue weighted by Crippen LogP contribution is 2.21. The van der Waals surface area contributed by atoms with Gasteiger partial charge in [0.05, 0.1) is 18.5 Å². The predicted octanol–water partition coefficient (Wildman–Crippen LogP) is 3.57. The molecule has 0 aliphatic rings. The number of nitrogens with one attached hydrogen (secondary N) is 1. The standard InChI is InChI=1S/C20H26N2O3S/c1-4-8-16(2)21-20(23)18-11-13-19(14-12-18)22(26(3,24)25)15-17-9-6-5-7-10-17/h5-7,9-14,16H,4,8,15H2,1-3H3,(H,21,23)/t16-/m1/s1. The molecule has 6 heteroatoms. The number of carbonyl (C=O) groups excluding carboxylic acids is 1. The summed E-state index contributed by atoms with van der Waals surface area (Å²) in [5, 5.41) is 2.95. The summed E-state index contributed by atoms with van der Waals surface area (Å²) in [6, 6.07) is 16.2. The Morgan fingerprint density at radius 2 is 1.69 bits per heavy atom. The molecule has 140 valence electrons. The smallest absolute Gasteiger partial charge is 0.251 e. The molecule has 0 radical (unpaired) electrons. The maximum Gasteiger partial charge on any atom is 0.251 e. The molecule has 0 saturated carbocycles. The number of amides is 1. The van der Waals surface area contributed by atoms with Crippen molar-refractivity contribution in [1.82, 2.24) is 5.32 Å². The molecule has 0 spiro atoms. The molecule has 0 bridgehead atoms. The van der Waals surface area contributed by atoms with Crippen LogP contribution in [0.3, 0.4) is 0 Å². The van der Waals surface area contributed by atoms with Crippen molar-refractivity contribution in [2.75, 3.05) is 10.6 Å². The lowest BCUT2D eigenvalue weighted by atomic mass is 10.1. The van der Waals surface area contributed by atoms with E-state index in [0.29, 0.717) is 11.3 Å². The van der Waals surface area contributed by atoms with Crippen molar-refractivity contribution >= 4 is 21.6 Å². The first-order chi connectivity index (χ1) is 12.3. The number of rotatable bonds is 8. The summed E-state index contributed by atoms with van der Waals surface area (Å²) < 4.78 is 25.8. The van der Waals surface area contributed by atoms with E-state index in [9.17, 15) is 13.2 Å². The second-order valence-electron chi connectivity index (χ2n) is 6.47. The van der Waals surface area contributed by atoms with Gasteiger partial charge < -0.3 is 5.32 Å². The summed E-state index contributed by atoms with van der Waals surface area (Å²) in [5.74, 6) is -0.147. The van der Waals surface area contributed by atoms with Crippen LogP contribution in [0.2, 0.25) is 0 Å². The molecule has 2 rings (SSSR count). The number of sulfonamides is 1. The molecule has 5 nitrogen and oxygen atoms in total. The fourth-order valence-electron chi connectivity index (χ4n) is 2.74. The molecular weight excluding hydrogens is 348 g/mol. The van der Waals surface area contributed by atoms with Crippen molar-refractivity contribution in [3.05, 3.63) is 65.7 Å². The van der Waals surface area contributed by atoms with E-state index < -0.39 is 10.0 Å². The fraction of sp³-hybridized carbons (Fsp3) is 0.350. The minimum absolute atomic E-state index is 0.109. The van der Waals surface area contributed by atoms with Crippen LogP contribution in [-0.4, -0.2) is 26.6 Å². The molecule has 0 aliphatic heterocycles. The Morgan fingerprint density at radius 3 is 2.23 bits per heavy atom. The molecule has 0 aliphatic carbocycles. The highest BCUT2D eigenvalue weighted by molar-refractivity contribution is 7.92. The normalized spacial score (nSPS) is 12.4. The van der Waals surface area contributed by atoms with E-state index in [2.05, 4.69) is 12.2 Å². The summed E-state index contributed by atoms with van der Waals surface area (Å²) >= 11 is 0. The van der Waals surface area contributed by atoms with Gasteiger partial charge in [-0.05, 0) is 43.2 Å². The lowest BCUT2D eigenvalue weighted by Gasteiger charge is -2.23. The number of carbonyl (C=O) groups is 1. The highest BCUT2D eigenvalue weighted by atomic mass is 32.2. The summed E-state index contributed by atoms with van der Waals surface area (Å²) in [6.07, 6.45) is 3.11. The second kappa shape index (κ2) is 8.85. The monoisotopic (exact) mass is 374 g/mol. The van der Waals surface area contributed by atoms with Gasteiger partial charge in [-0.3, -0.25) is 9.10 Å². The Morgan fingerprint density at radius 1 is 1.08 bits per heavy atom. The van der Waals surface area contributed by atoms with Crippen LogP contribution in [0.4, 0.5) is 5.69 Å². The summed E-state index contributed by atoms with van der Waals surface area (Å²) in [4.78, 5) is 12.3. The van der Waals surface area contributed by atoms with E-state index >= 15 is 0 Å². The Balaban J connectivity index is 2.18. The lowest BCUT2D eigenvalue weighted by Crippen LogP contribution is -2.32. The Hall–Kier alpha value is -2.34. The van der Waals surface area contributed by atoms with E-state index in [1.807, 2.05) is 37.3 Å². The number of hydrogen-bond donors (Lipinski definition) is 1. The molecule has 0 fully saturated rings. The molecule has 26 heavy (non-hydrogen) atoms. The van der Waals surface area contributed by atoms with Crippen molar-refractivity contribution in [2.45, 2.75) is 39.3 Å². The third-order valence-corrected chi connectivity index (χ3v) is 5.23. The van der Waals surface area contributed by atoms with Crippen LogP contribution in [0, 0.1) is 0 Å². The SMILES string of the molecule is CCC[C@@H](C)NC(=O)c1ccc(N(Cc2ccccc2)S(C)(=O)=O)cc1. The predicted molar refractivity (Wildman–Crippen MR) is 106 cm³/mol. The fourth-order valence-corrected chi connectivity index (χ4v) is 3.63. The molecular formula is C20H26N2O3S. The van der Waals surface area contributed by atoms with Crippen molar-refractivity contribution in [3.63, 3.8) is 0 Å². The molecule has 0 unspecified atom stereocenters. The number of benzene rings is 2. The zero-order chi connectivity index (χ0) is 19.2. The first-order valence-electron chi connectivity index (χ1n) is 8.74. The van der Waals surface area contributed by atoms with Crippen LogP contribution in [0.5, 0.6) is 0 Å². The summed E-state index contributed by atoms with van der Waals surface area (Å²) in [5.41, 5.74) is 1.95. The molecule has 1 amide bonds. The van der Waals surface area contributed by atoms with E-state index in [4.69, 9.17) is 0 Å². The van der Waals surface area contributed by atoms with E-state index in [-0.39, 0.29) is 18.5 Å². The zero-order valence-electron chi connectivity index (χ0n) is 15.5. The Labute approximate surface area is 156 Å². The van der Waals surface area contributed by atoms with Gasteiger partial charge in [0.2, 0.25) is 10.0 Å². The van der Waals surface area contributed by atoms with Crippen LogP contribution in [-0.2, 0) is 16.6 Å². The molecule has 0 heterocycles. The van der Waals surface area contributed by atoms with Gasteiger partial charge >= 0.3 is 0 Å². The molecule has 0 aromatic heterocycles. The minimum Gasteiger partial charge on any atom is -0.350 e. The topological polar surface area (TPSA) is 66.5 Å². The van der Waals surface area contributed by atoms with Gasteiger partial charge in [0.25, 0.3) is 5.91 Å².